The van der Waals surface area contributed by atoms with Gasteiger partial charge in [-0.2, -0.15) is 0 Å². The van der Waals surface area contributed by atoms with E-state index in [0.29, 0.717) is 6.42 Å². The Kier molecular flexibility index (Phi) is 18.9. The molecule has 4 nitrogen and oxygen atoms in total. The van der Waals surface area contributed by atoms with Gasteiger partial charge in [0.15, 0.2) is 0 Å². The third-order valence-corrected chi connectivity index (χ3v) is 3.92. The molecule has 0 aliphatic rings. The summed E-state index contributed by atoms with van der Waals surface area (Å²) in [6, 6.07) is 0. The van der Waals surface area contributed by atoms with E-state index >= 15 is 0 Å². The van der Waals surface area contributed by atoms with E-state index in [1.165, 1.54) is 19.3 Å². The minimum absolute atomic E-state index is 0.121. The van der Waals surface area contributed by atoms with Crippen molar-refractivity contribution in [2.45, 2.75) is 83.7 Å². The van der Waals surface area contributed by atoms with Crippen LogP contribution in [0.3, 0.4) is 0 Å². The zero-order chi connectivity index (χ0) is 19.3. The summed E-state index contributed by atoms with van der Waals surface area (Å²) in [6.45, 7) is 1.71. The molecule has 1 unspecified atom stereocenters. The molecule has 0 aliphatic carbocycles. The third-order valence-electron chi connectivity index (χ3n) is 3.92. The highest BCUT2D eigenvalue weighted by molar-refractivity contribution is 5.69. The Morgan fingerprint density at radius 1 is 0.885 bits per heavy atom. The second kappa shape index (κ2) is 19.9. The number of aliphatic hydroxyl groups is 2. The predicted octanol–water partition coefficient (Wildman–Crippen LogP) is 4.86. The fraction of sp³-hybridized carbons (Fsp3) is 0.682. The van der Waals surface area contributed by atoms with Crippen LogP contribution in [0.4, 0.5) is 0 Å². The van der Waals surface area contributed by atoms with E-state index in [1.54, 1.807) is 0 Å². The van der Waals surface area contributed by atoms with E-state index in [4.69, 9.17) is 14.9 Å². The van der Waals surface area contributed by atoms with E-state index in [0.717, 1.165) is 44.9 Å². The van der Waals surface area contributed by atoms with Gasteiger partial charge in [0.2, 0.25) is 0 Å². The molecule has 0 saturated carbocycles. The smallest absolute Gasteiger partial charge is 0.305 e. The Balaban J connectivity index is 3.37. The van der Waals surface area contributed by atoms with Crippen LogP contribution in [0.5, 0.6) is 0 Å². The lowest BCUT2D eigenvalue weighted by atomic mass is 10.1. The van der Waals surface area contributed by atoms with Gasteiger partial charge in [-0.05, 0) is 38.5 Å². The van der Waals surface area contributed by atoms with Gasteiger partial charge >= 0.3 is 5.97 Å². The summed E-state index contributed by atoms with van der Waals surface area (Å²) in [5, 5.41) is 17.7. The largest absolute Gasteiger partial charge is 0.463 e. The van der Waals surface area contributed by atoms with Gasteiger partial charge in [-0.1, -0.05) is 69.1 Å². The lowest BCUT2D eigenvalue weighted by molar-refractivity contribution is -0.147. The summed E-state index contributed by atoms with van der Waals surface area (Å²) in [7, 11) is 0. The molecule has 2 N–H and O–H groups in total. The minimum atomic E-state index is -0.970. The first-order chi connectivity index (χ1) is 12.7. The van der Waals surface area contributed by atoms with Crippen LogP contribution in [0.1, 0.15) is 77.6 Å². The number of ether oxygens (including phenoxy) is 1. The van der Waals surface area contributed by atoms with Crippen molar-refractivity contribution < 1.29 is 19.7 Å². The molecule has 0 aromatic rings. The maximum atomic E-state index is 11.4. The molecule has 0 rings (SSSR count). The average Bonchev–Trinajstić information content (AvgIpc) is 2.65. The minimum Gasteiger partial charge on any atom is -0.463 e. The van der Waals surface area contributed by atoms with Crippen molar-refractivity contribution in [2.24, 2.45) is 0 Å². The van der Waals surface area contributed by atoms with Crippen molar-refractivity contribution in [2.75, 3.05) is 13.2 Å². The van der Waals surface area contributed by atoms with E-state index < -0.39 is 6.10 Å². The summed E-state index contributed by atoms with van der Waals surface area (Å²) < 4.78 is 4.85. The molecule has 4 heteroatoms. The van der Waals surface area contributed by atoms with Crippen LogP contribution in [0.25, 0.3) is 0 Å². The number of esters is 1. The molecule has 0 aromatic heterocycles. The van der Waals surface area contributed by atoms with Crippen molar-refractivity contribution >= 4 is 5.97 Å². The number of aliphatic hydroxyl groups excluding tert-OH is 2. The van der Waals surface area contributed by atoms with Crippen molar-refractivity contribution in [3.8, 4) is 0 Å². The summed E-state index contributed by atoms with van der Waals surface area (Å²) in [5.74, 6) is -0.301. The second-order valence-corrected chi connectivity index (χ2v) is 6.50. The fourth-order valence-corrected chi connectivity index (χ4v) is 2.30. The van der Waals surface area contributed by atoms with Crippen LogP contribution in [0, 0.1) is 0 Å². The number of hydrogen-bond donors (Lipinski definition) is 2. The molecule has 0 heterocycles. The van der Waals surface area contributed by atoms with E-state index in [9.17, 15) is 4.79 Å². The summed E-state index contributed by atoms with van der Waals surface area (Å²) in [6.07, 6.45) is 23.7. The Labute approximate surface area is 159 Å². The third kappa shape index (κ3) is 18.9. The first-order valence-electron chi connectivity index (χ1n) is 10.1. The number of hydrogen-bond acceptors (Lipinski definition) is 4. The van der Waals surface area contributed by atoms with Gasteiger partial charge in [-0.15, -0.1) is 0 Å². The maximum Gasteiger partial charge on any atom is 0.305 e. The first kappa shape index (κ1) is 24.6. The molecule has 0 fully saturated rings. The summed E-state index contributed by atoms with van der Waals surface area (Å²) >= 11 is 0. The Morgan fingerprint density at radius 3 is 2.08 bits per heavy atom. The molecule has 0 bridgehead atoms. The number of unbranched alkanes of at least 4 members (excludes halogenated alkanes) is 6. The van der Waals surface area contributed by atoms with Gasteiger partial charge in [0, 0.05) is 6.42 Å². The van der Waals surface area contributed by atoms with Gasteiger partial charge in [0.25, 0.3) is 0 Å². The van der Waals surface area contributed by atoms with E-state index in [1.807, 2.05) is 0 Å². The normalized spacial score (nSPS) is 13.2. The van der Waals surface area contributed by atoms with Crippen LogP contribution in [-0.4, -0.2) is 35.5 Å². The topological polar surface area (TPSA) is 66.8 Å². The number of allylic oxidation sites excluding steroid dienone is 6. The fourth-order valence-electron chi connectivity index (χ4n) is 2.30. The molecular weight excluding hydrogens is 328 g/mol. The van der Waals surface area contributed by atoms with Crippen LogP contribution >= 0.6 is 0 Å². The number of carbonyl (C=O) groups is 1. The Bertz CT molecular complexity index is 399. The van der Waals surface area contributed by atoms with Crippen molar-refractivity contribution in [1.82, 2.24) is 0 Å². The average molecular weight is 367 g/mol. The molecule has 0 radical (unpaired) electrons. The van der Waals surface area contributed by atoms with Gasteiger partial charge in [0.1, 0.15) is 12.7 Å². The van der Waals surface area contributed by atoms with Crippen molar-refractivity contribution in [3.63, 3.8) is 0 Å². The zero-order valence-corrected chi connectivity index (χ0v) is 16.4. The molecule has 0 aromatic carbocycles. The second-order valence-electron chi connectivity index (χ2n) is 6.50. The molecule has 150 valence electrons. The maximum absolute atomic E-state index is 11.4. The van der Waals surface area contributed by atoms with Crippen LogP contribution in [0.15, 0.2) is 36.5 Å². The lowest BCUT2D eigenvalue weighted by Crippen LogP contribution is -2.21. The van der Waals surface area contributed by atoms with E-state index in [2.05, 4.69) is 43.4 Å². The number of rotatable bonds is 17. The molecule has 0 aliphatic heterocycles. The van der Waals surface area contributed by atoms with Gasteiger partial charge < -0.3 is 14.9 Å². The summed E-state index contributed by atoms with van der Waals surface area (Å²) in [5.41, 5.74) is 0. The Morgan fingerprint density at radius 2 is 1.46 bits per heavy atom. The van der Waals surface area contributed by atoms with E-state index in [-0.39, 0.29) is 19.2 Å². The van der Waals surface area contributed by atoms with Gasteiger partial charge in [0.05, 0.1) is 6.61 Å². The van der Waals surface area contributed by atoms with Crippen LogP contribution in [0.2, 0.25) is 0 Å². The Hall–Kier alpha value is -1.39. The SMILES string of the molecule is CCCCC=CCC=CCC=CCCCCCCC(=O)OCC(O)CO. The molecule has 26 heavy (non-hydrogen) atoms. The predicted molar refractivity (Wildman–Crippen MR) is 108 cm³/mol. The van der Waals surface area contributed by atoms with Crippen molar-refractivity contribution in [3.05, 3.63) is 36.5 Å². The highest BCUT2D eigenvalue weighted by atomic mass is 16.5. The van der Waals surface area contributed by atoms with Crippen LogP contribution < -0.4 is 0 Å². The monoisotopic (exact) mass is 366 g/mol. The molecule has 0 spiro atoms. The quantitative estimate of drug-likeness (QED) is 0.219. The van der Waals surface area contributed by atoms with Gasteiger partial charge in [-0.25, -0.2) is 0 Å². The molecule has 1 atom stereocenters. The molecule has 0 amide bonds. The van der Waals surface area contributed by atoms with Crippen LogP contribution in [-0.2, 0) is 9.53 Å². The standard InChI is InChI=1S/C22H38O4/c1-2-3-4-5-6-7-8-9-10-11-12-13-14-15-16-17-18-22(25)26-20-21(24)19-23/h5-6,8-9,11-12,21,23-24H,2-4,7,10,13-20H2,1H3. The molecular formula is C22H38O4. The van der Waals surface area contributed by atoms with Gasteiger partial charge in [-0.3, -0.25) is 4.79 Å². The van der Waals surface area contributed by atoms with Crippen molar-refractivity contribution in [1.29, 1.82) is 0 Å². The highest BCUT2D eigenvalue weighted by Crippen LogP contribution is 2.07. The summed E-state index contributed by atoms with van der Waals surface area (Å²) in [4.78, 5) is 11.4. The zero-order valence-electron chi connectivity index (χ0n) is 16.4. The lowest BCUT2D eigenvalue weighted by Gasteiger charge is -2.08. The number of carbonyl (C=O) groups excluding carboxylic acids is 1. The first-order valence-corrected chi connectivity index (χ1v) is 10.1. The molecule has 0 saturated heterocycles. The highest BCUT2D eigenvalue weighted by Gasteiger charge is 2.07.